The van der Waals surface area contributed by atoms with Gasteiger partial charge in [0.15, 0.2) is 5.60 Å². The Kier molecular flexibility index (Phi) is 7.78. The summed E-state index contributed by atoms with van der Waals surface area (Å²) < 4.78 is 0. The van der Waals surface area contributed by atoms with E-state index in [4.69, 9.17) is 0 Å². The van der Waals surface area contributed by atoms with Crippen LogP contribution in [0, 0.1) is 5.92 Å². The van der Waals surface area contributed by atoms with Crippen molar-refractivity contribution in [2.24, 2.45) is 5.92 Å². The maximum Gasteiger partial charge on any atom is 0.257 e. The molecule has 2 unspecified atom stereocenters. The molecule has 0 fully saturated rings. The Morgan fingerprint density at radius 2 is 2.00 bits per heavy atom. The highest BCUT2D eigenvalue weighted by molar-refractivity contribution is 7.10. The van der Waals surface area contributed by atoms with E-state index in [2.05, 4.69) is 35.8 Å². The molecule has 1 aromatic carbocycles. The predicted octanol–water partition coefficient (Wildman–Crippen LogP) is 2.03. The van der Waals surface area contributed by atoms with Crippen molar-refractivity contribution in [1.29, 1.82) is 0 Å². The summed E-state index contributed by atoms with van der Waals surface area (Å²) in [5, 5.41) is 27.9. The average molecular weight is 377 g/mol. The third-order valence-corrected chi connectivity index (χ3v) is 5.50. The van der Waals surface area contributed by atoms with Crippen molar-refractivity contribution < 1.29 is 15.0 Å². The summed E-state index contributed by atoms with van der Waals surface area (Å²) in [7, 11) is 0. The molecular weight excluding hydrogens is 348 g/mol. The molecule has 1 aromatic heterocycles. The first kappa shape index (κ1) is 20.6. The first-order valence-corrected chi connectivity index (χ1v) is 9.79. The van der Waals surface area contributed by atoms with E-state index >= 15 is 0 Å². The summed E-state index contributed by atoms with van der Waals surface area (Å²) in [6, 6.07) is 11.9. The van der Waals surface area contributed by atoms with E-state index in [1.165, 1.54) is 29.4 Å². The third kappa shape index (κ3) is 5.64. The minimum absolute atomic E-state index is 0.0383. The van der Waals surface area contributed by atoms with E-state index in [9.17, 15) is 15.0 Å². The van der Waals surface area contributed by atoms with Crippen LogP contribution >= 0.6 is 11.3 Å². The number of aliphatic hydroxyl groups is 2. The summed E-state index contributed by atoms with van der Waals surface area (Å²) in [5.41, 5.74) is 0.944. The third-order valence-electron chi connectivity index (χ3n) is 4.41. The van der Waals surface area contributed by atoms with Crippen LogP contribution in [0.5, 0.6) is 0 Å². The zero-order valence-corrected chi connectivity index (χ0v) is 16.2. The molecule has 4 N–H and O–H groups in total. The number of hydrogen-bond donors (Lipinski definition) is 4. The fourth-order valence-corrected chi connectivity index (χ4v) is 3.44. The van der Waals surface area contributed by atoms with Crippen LogP contribution in [0.15, 0.2) is 41.8 Å². The molecule has 142 valence electrons. The van der Waals surface area contributed by atoms with Gasteiger partial charge in [0.2, 0.25) is 0 Å². The number of aryl methyl sites for hydroxylation is 1. The molecule has 5 nitrogen and oxygen atoms in total. The number of carbonyl (C=O) groups excluding carboxylic acids is 1. The first-order valence-electron chi connectivity index (χ1n) is 8.91. The van der Waals surface area contributed by atoms with Crippen molar-refractivity contribution in [2.75, 3.05) is 19.7 Å². The molecule has 2 rings (SSSR count). The second kappa shape index (κ2) is 9.83. The molecule has 0 saturated heterocycles. The molecular formula is C20H28N2O3S. The van der Waals surface area contributed by atoms with Crippen LogP contribution in [0.2, 0.25) is 0 Å². The Bertz CT molecular complexity index is 686. The van der Waals surface area contributed by atoms with E-state index in [0.29, 0.717) is 24.5 Å². The summed E-state index contributed by atoms with van der Waals surface area (Å²) in [6.07, 6.45) is 1.00. The van der Waals surface area contributed by atoms with Gasteiger partial charge in [-0.15, -0.1) is 11.3 Å². The number of rotatable bonds is 10. The predicted molar refractivity (Wildman–Crippen MR) is 105 cm³/mol. The van der Waals surface area contributed by atoms with Crippen molar-refractivity contribution in [3.8, 4) is 0 Å². The molecule has 26 heavy (non-hydrogen) atoms. The summed E-state index contributed by atoms with van der Waals surface area (Å²) in [4.78, 5) is 12.9. The van der Waals surface area contributed by atoms with Crippen LogP contribution in [0.1, 0.15) is 29.9 Å². The number of carbonyl (C=O) groups is 1. The van der Waals surface area contributed by atoms with Crippen molar-refractivity contribution in [2.45, 2.75) is 32.4 Å². The molecule has 2 aromatic rings. The zero-order valence-electron chi connectivity index (χ0n) is 15.4. The minimum Gasteiger partial charge on any atom is -0.396 e. The van der Waals surface area contributed by atoms with Gasteiger partial charge in [-0.25, -0.2) is 0 Å². The lowest BCUT2D eigenvalue weighted by atomic mass is 10.0. The van der Waals surface area contributed by atoms with Gasteiger partial charge in [-0.3, -0.25) is 4.79 Å². The molecule has 6 heteroatoms. The van der Waals surface area contributed by atoms with Gasteiger partial charge in [0, 0.05) is 37.0 Å². The van der Waals surface area contributed by atoms with E-state index < -0.39 is 11.5 Å². The van der Waals surface area contributed by atoms with E-state index in [0.717, 1.165) is 6.42 Å². The van der Waals surface area contributed by atoms with Gasteiger partial charge in [0.1, 0.15) is 0 Å². The summed E-state index contributed by atoms with van der Waals surface area (Å²) >= 11 is 1.34. The van der Waals surface area contributed by atoms with E-state index in [-0.39, 0.29) is 12.5 Å². The van der Waals surface area contributed by atoms with Crippen LogP contribution < -0.4 is 10.6 Å². The largest absolute Gasteiger partial charge is 0.396 e. The molecule has 0 radical (unpaired) electrons. The minimum atomic E-state index is -1.55. The number of aliphatic hydroxyl groups excluding tert-OH is 1. The Labute approximate surface area is 159 Å². The van der Waals surface area contributed by atoms with Crippen molar-refractivity contribution >= 4 is 17.2 Å². The van der Waals surface area contributed by atoms with Gasteiger partial charge >= 0.3 is 0 Å². The topological polar surface area (TPSA) is 81.6 Å². The molecule has 0 spiro atoms. The Morgan fingerprint density at radius 3 is 2.65 bits per heavy atom. The van der Waals surface area contributed by atoms with Gasteiger partial charge in [-0.1, -0.05) is 37.3 Å². The molecule has 1 heterocycles. The van der Waals surface area contributed by atoms with Gasteiger partial charge in [0.05, 0.1) is 0 Å². The number of amides is 1. The fourth-order valence-electron chi connectivity index (χ4n) is 2.66. The lowest BCUT2D eigenvalue weighted by Crippen LogP contribution is -2.45. The summed E-state index contributed by atoms with van der Waals surface area (Å²) in [5.74, 6) is -0.568. The van der Waals surface area contributed by atoms with Gasteiger partial charge in [-0.2, -0.15) is 0 Å². The van der Waals surface area contributed by atoms with Crippen LogP contribution in [0.3, 0.4) is 0 Å². The van der Waals surface area contributed by atoms with E-state index in [1.54, 1.807) is 12.1 Å². The quantitative estimate of drug-likeness (QED) is 0.511. The average Bonchev–Trinajstić information content (AvgIpc) is 3.20. The maximum atomic E-state index is 12.3. The maximum absolute atomic E-state index is 12.3. The zero-order chi connectivity index (χ0) is 19.0. The second-order valence-electron chi connectivity index (χ2n) is 6.61. The number of benzene rings is 1. The van der Waals surface area contributed by atoms with Crippen LogP contribution in [0.4, 0.5) is 0 Å². The van der Waals surface area contributed by atoms with Crippen molar-refractivity contribution in [3.63, 3.8) is 0 Å². The first-order chi connectivity index (χ1) is 12.5. The van der Waals surface area contributed by atoms with Gasteiger partial charge in [0.25, 0.3) is 5.91 Å². The van der Waals surface area contributed by atoms with Crippen molar-refractivity contribution in [3.05, 3.63) is 57.8 Å². The summed E-state index contributed by atoms with van der Waals surface area (Å²) in [6.45, 7) is 5.17. The lowest BCUT2D eigenvalue weighted by molar-refractivity contribution is -0.138. The highest BCUT2D eigenvalue weighted by Gasteiger charge is 2.33. The molecule has 0 aliphatic carbocycles. The smallest absolute Gasteiger partial charge is 0.257 e. The van der Waals surface area contributed by atoms with Crippen LogP contribution in [-0.2, 0) is 23.4 Å². The molecule has 2 atom stereocenters. The Morgan fingerprint density at radius 1 is 1.23 bits per heavy atom. The molecule has 0 aliphatic rings. The number of thiophene rings is 1. The van der Waals surface area contributed by atoms with Crippen LogP contribution in [0.25, 0.3) is 0 Å². The molecule has 0 saturated carbocycles. The Balaban J connectivity index is 1.79. The second-order valence-corrected chi connectivity index (χ2v) is 7.56. The normalized spacial score (nSPS) is 14.6. The molecule has 1 amide bonds. The van der Waals surface area contributed by atoms with Crippen LogP contribution in [-0.4, -0.2) is 35.8 Å². The van der Waals surface area contributed by atoms with E-state index in [1.807, 2.05) is 11.4 Å². The molecule has 0 aliphatic heterocycles. The lowest BCUT2D eigenvalue weighted by Gasteiger charge is -2.23. The highest BCUT2D eigenvalue weighted by atomic mass is 32.1. The molecule has 0 bridgehead atoms. The van der Waals surface area contributed by atoms with Gasteiger partial charge in [-0.05, 0) is 35.9 Å². The highest BCUT2D eigenvalue weighted by Crippen LogP contribution is 2.25. The monoisotopic (exact) mass is 376 g/mol. The Hall–Kier alpha value is -1.73. The SMILES string of the molecule is CCc1cccc(CNCC(CO)CNC(=O)C(C)(O)c2cccs2)c1. The van der Waals surface area contributed by atoms with Gasteiger partial charge < -0.3 is 20.8 Å². The number of nitrogens with one attached hydrogen (secondary N) is 2. The fraction of sp³-hybridized carbons (Fsp3) is 0.450. The van der Waals surface area contributed by atoms with Crippen molar-refractivity contribution in [1.82, 2.24) is 10.6 Å². The standard InChI is InChI=1S/C20H28N2O3S/c1-3-15-6-4-7-16(10-15)11-21-12-17(14-23)13-22-19(24)20(2,25)18-8-5-9-26-18/h4-10,17,21,23,25H,3,11-14H2,1-2H3,(H,22,24). The number of hydrogen-bond acceptors (Lipinski definition) is 5.